The van der Waals surface area contributed by atoms with Gasteiger partial charge in [-0.25, -0.2) is 0 Å². The molecule has 25 heavy (non-hydrogen) atoms. The van der Waals surface area contributed by atoms with Gasteiger partial charge in [0.25, 0.3) is 0 Å². The second-order valence-electron chi connectivity index (χ2n) is 6.36. The molecule has 5 nitrogen and oxygen atoms in total. The molecule has 0 saturated heterocycles. The number of aryl methyl sites for hydroxylation is 1. The van der Waals surface area contributed by atoms with E-state index in [-0.39, 0.29) is 6.04 Å². The standard InChI is InChI=1S/C19H22N4OS/c1-22-17-9-10-23(12-16-8-5-11-25-16)18(19(17)20-21-22)14-24-13-15-6-3-2-4-7-15/h2-8,11,18H,9-10,12-14H2,1H3. The highest BCUT2D eigenvalue weighted by molar-refractivity contribution is 7.09. The molecule has 6 heteroatoms. The average Bonchev–Trinajstić information content (AvgIpc) is 3.28. The number of thiophene rings is 1. The second-order valence-corrected chi connectivity index (χ2v) is 7.39. The minimum atomic E-state index is 0.156. The van der Waals surface area contributed by atoms with Gasteiger partial charge in [0.2, 0.25) is 0 Å². The average molecular weight is 354 g/mol. The molecule has 0 amide bonds. The van der Waals surface area contributed by atoms with Crippen molar-refractivity contribution in [3.05, 3.63) is 69.7 Å². The van der Waals surface area contributed by atoms with E-state index >= 15 is 0 Å². The number of aromatic nitrogens is 3. The van der Waals surface area contributed by atoms with Crippen LogP contribution in [0.4, 0.5) is 0 Å². The van der Waals surface area contributed by atoms with Crippen LogP contribution in [0.2, 0.25) is 0 Å². The predicted molar refractivity (Wildman–Crippen MR) is 98.3 cm³/mol. The Balaban J connectivity index is 1.49. The lowest BCUT2D eigenvalue weighted by molar-refractivity contribution is 0.0393. The van der Waals surface area contributed by atoms with Crippen molar-refractivity contribution in [3.63, 3.8) is 0 Å². The molecule has 1 aromatic carbocycles. The number of benzene rings is 1. The molecule has 3 aromatic rings. The van der Waals surface area contributed by atoms with Crippen LogP contribution in [-0.2, 0) is 31.4 Å². The lowest BCUT2D eigenvalue weighted by Gasteiger charge is -2.34. The van der Waals surface area contributed by atoms with Crippen LogP contribution in [0.15, 0.2) is 47.8 Å². The molecular formula is C19H22N4OS. The summed E-state index contributed by atoms with van der Waals surface area (Å²) in [5.74, 6) is 0. The van der Waals surface area contributed by atoms with Gasteiger partial charge < -0.3 is 4.74 Å². The first-order chi connectivity index (χ1) is 12.3. The lowest BCUT2D eigenvalue weighted by Crippen LogP contribution is -2.37. The summed E-state index contributed by atoms with van der Waals surface area (Å²) in [7, 11) is 1.97. The number of fused-ring (bicyclic) bond motifs is 1. The number of nitrogens with zero attached hydrogens (tertiary/aromatic N) is 4. The fourth-order valence-corrected chi connectivity index (χ4v) is 4.09. The van der Waals surface area contributed by atoms with Gasteiger partial charge in [0.15, 0.2) is 0 Å². The molecule has 3 heterocycles. The zero-order valence-corrected chi connectivity index (χ0v) is 15.2. The molecule has 1 aliphatic rings. The van der Waals surface area contributed by atoms with Crippen molar-refractivity contribution >= 4 is 11.3 Å². The van der Waals surface area contributed by atoms with Gasteiger partial charge in [0.05, 0.1) is 24.9 Å². The van der Waals surface area contributed by atoms with Gasteiger partial charge >= 0.3 is 0 Å². The first-order valence-corrected chi connectivity index (χ1v) is 9.46. The Hall–Kier alpha value is -2.02. The van der Waals surface area contributed by atoms with Crippen LogP contribution >= 0.6 is 11.3 Å². The van der Waals surface area contributed by atoms with Crippen molar-refractivity contribution in [1.29, 1.82) is 0 Å². The zero-order valence-electron chi connectivity index (χ0n) is 14.3. The van der Waals surface area contributed by atoms with Crippen LogP contribution in [0.3, 0.4) is 0 Å². The maximum atomic E-state index is 6.06. The topological polar surface area (TPSA) is 43.2 Å². The smallest absolute Gasteiger partial charge is 0.105 e. The molecule has 0 aliphatic carbocycles. The Morgan fingerprint density at radius 3 is 2.88 bits per heavy atom. The Kier molecular flexibility index (Phi) is 4.92. The summed E-state index contributed by atoms with van der Waals surface area (Å²) >= 11 is 1.80. The Bertz CT molecular complexity index is 800. The minimum Gasteiger partial charge on any atom is -0.375 e. The largest absolute Gasteiger partial charge is 0.375 e. The molecule has 0 spiro atoms. The first kappa shape index (κ1) is 16.4. The van der Waals surface area contributed by atoms with Crippen molar-refractivity contribution in [3.8, 4) is 0 Å². The maximum absolute atomic E-state index is 6.06. The van der Waals surface area contributed by atoms with E-state index in [2.05, 4.69) is 44.9 Å². The third-order valence-electron chi connectivity index (χ3n) is 4.69. The third-order valence-corrected chi connectivity index (χ3v) is 5.55. The van der Waals surface area contributed by atoms with Crippen LogP contribution in [-0.4, -0.2) is 33.0 Å². The summed E-state index contributed by atoms with van der Waals surface area (Å²) in [6, 6.07) is 14.8. The van der Waals surface area contributed by atoms with Gasteiger partial charge in [0, 0.05) is 31.4 Å². The van der Waals surface area contributed by atoms with E-state index in [1.807, 2.05) is 29.9 Å². The normalized spacial score (nSPS) is 17.6. The summed E-state index contributed by atoms with van der Waals surface area (Å²) in [5, 5.41) is 10.8. The zero-order chi connectivity index (χ0) is 17.1. The first-order valence-electron chi connectivity index (χ1n) is 8.58. The predicted octanol–water partition coefficient (Wildman–Crippen LogP) is 3.19. The fraction of sp³-hybridized carbons (Fsp3) is 0.368. The van der Waals surface area contributed by atoms with Gasteiger partial charge in [-0.3, -0.25) is 9.58 Å². The van der Waals surface area contributed by atoms with E-state index < -0.39 is 0 Å². The van der Waals surface area contributed by atoms with Gasteiger partial charge in [-0.1, -0.05) is 41.6 Å². The van der Waals surface area contributed by atoms with Gasteiger partial charge in [-0.05, 0) is 17.0 Å². The minimum absolute atomic E-state index is 0.156. The van der Waals surface area contributed by atoms with Gasteiger partial charge in [0.1, 0.15) is 5.69 Å². The highest BCUT2D eigenvalue weighted by Crippen LogP contribution is 2.30. The summed E-state index contributed by atoms with van der Waals surface area (Å²) < 4.78 is 7.96. The summed E-state index contributed by atoms with van der Waals surface area (Å²) in [6.45, 7) is 3.20. The lowest BCUT2D eigenvalue weighted by atomic mass is 10.0. The third kappa shape index (κ3) is 3.66. The highest BCUT2D eigenvalue weighted by Gasteiger charge is 2.31. The molecule has 4 rings (SSSR count). The fourth-order valence-electron chi connectivity index (χ4n) is 3.36. The van der Waals surface area contributed by atoms with Crippen molar-refractivity contribution in [2.75, 3.05) is 13.2 Å². The van der Waals surface area contributed by atoms with E-state index in [1.165, 1.54) is 16.1 Å². The quantitative estimate of drug-likeness (QED) is 0.682. The summed E-state index contributed by atoms with van der Waals surface area (Å²) in [6.07, 6.45) is 0.986. The molecule has 2 aromatic heterocycles. The molecular weight excluding hydrogens is 332 g/mol. The van der Waals surface area contributed by atoms with E-state index in [4.69, 9.17) is 4.74 Å². The molecule has 130 valence electrons. The Morgan fingerprint density at radius 1 is 1.20 bits per heavy atom. The van der Waals surface area contributed by atoms with Crippen LogP contribution < -0.4 is 0 Å². The number of ether oxygens (including phenoxy) is 1. The molecule has 1 aliphatic heterocycles. The molecule has 1 unspecified atom stereocenters. The molecule has 0 fully saturated rings. The molecule has 0 saturated carbocycles. The van der Waals surface area contributed by atoms with E-state index in [0.29, 0.717) is 13.2 Å². The molecule has 1 atom stereocenters. The number of rotatable bonds is 6. The van der Waals surface area contributed by atoms with Gasteiger partial charge in [-0.2, -0.15) is 0 Å². The molecule has 0 N–H and O–H groups in total. The summed E-state index contributed by atoms with van der Waals surface area (Å²) in [5.41, 5.74) is 3.50. The maximum Gasteiger partial charge on any atom is 0.105 e. The van der Waals surface area contributed by atoms with Crippen molar-refractivity contribution in [1.82, 2.24) is 19.9 Å². The van der Waals surface area contributed by atoms with Crippen LogP contribution in [0.5, 0.6) is 0 Å². The highest BCUT2D eigenvalue weighted by atomic mass is 32.1. The van der Waals surface area contributed by atoms with Crippen molar-refractivity contribution in [2.24, 2.45) is 7.05 Å². The van der Waals surface area contributed by atoms with Crippen LogP contribution in [0.25, 0.3) is 0 Å². The van der Waals surface area contributed by atoms with Crippen molar-refractivity contribution < 1.29 is 4.74 Å². The summed E-state index contributed by atoms with van der Waals surface area (Å²) in [4.78, 5) is 3.84. The Labute approximate surface area is 151 Å². The SMILES string of the molecule is Cn1nnc2c1CCN(Cc1cccs1)C2COCc1ccccc1. The van der Waals surface area contributed by atoms with E-state index in [1.54, 1.807) is 11.3 Å². The number of hydrogen-bond donors (Lipinski definition) is 0. The van der Waals surface area contributed by atoms with Crippen LogP contribution in [0, 0.1) is 0 Å². The monoisotopic (exact) mass is 354 g/mol. The molecule has 0 radical (unpaired) electrons. The van der Waals surface area contributed by atoms with Gasteiger partial charge in [-0.15, -0.1) is 16.4 Å². The van der Waals surface area contributed by atoms with Crippen LogP contribution in [0.1, 0.15) is 27.9 Å². The Morgan fingerprint density at radius 2 is 2.08 bits per heavy atom. The van der Waals surface area contributed by atoms with E-state index in [0.717, 1.165) is 25.2 Å². The molecule has 0 bridgehead atoms. The number of hydrogen-bond acceptors (Lipinski definition) is 5. The van der Waals surface area contributed by atoms with E-state index in [9.17, 15) is 0 Å². The van der Waals surface area contributed by atoms with Crippen molar-refractivity contribution in [2.45, 2.75) is 25.6 Å². The second kappa shape index (κ2) is 7.47.